The molecule has 0 amide bonds. The number of benzene rings is 1. The maximum absolute atomic E-state index is 14.3. The Hall–Kier alpha value is -0.450. The molecule has 0 aliphatic carbocycles. The molecule has 1 aromatic rings. The predicted octanol–water partition coefficient (Wildman–Crippen LogP) is 4.30. The molecule has 0 aliphatic rings. The molecule has 0 aromatic heterocycles. The predicted molar refractivity (Wildman–Crippen MR) is 80.8 cm³/mol. The second-order valence-corrected chi connectivity index (χ2v) is 6.56. The zero-order valence-corrected chi connectivity index (χ0v) is 13.8. The molecule has 0 radical (unpaired) electrons. The summed E-state index contributed by atoms with van der Waals surface area (Å²) in [5, 5.41) is 3.34. The minimum Gasteiger partial charge on any atom is -0.379 e. The van der Waals surface area contributed by atoms with Gasteiger partial charge in [0.15, 0.2) is 0 Å². The van der Waals surface area contributed by atoms with E-state index in [1.807, 2.05) is 19.1 Å². The molecular formula is C15H23BrFNO. The summed E-state index contributed by atoms with van der Waals surface area (Å²) in [6.07, 6.45) is -0.115. The van der Waals surface area contributed by atoms with E-state index in [0.29, 0.717) is 10.0 Å². The van der Waals surface area contributed by atoms with Crippen molar-refractivity contribution in [3.63, 3.8) is 0 Å². The Morgan fingerprint density at radius 2 is 2.00 bits per heavy atom. The highest BCUT2D eigenvalue weighted by atomic mass is 79.9. The first kappa shape index (κ1) is 16.6. The lowest BCUT2D eigenvalue weighted by atomic mass is 9.82. The van der Waals surface area contributed by atoms with E-state index in [0.717, 1.165) is 6.54 Å². The summed E-state index contributed by atoms with van der Waals surface area (Å²) in [5.74, 6) is -0.222. The van der Waals surface area contributed by atoms with Crippen molar-refractivity contribution in [2.45, 2.75) is 39.8 Å². The van der Waals surface area contributed by atoms with Crippen LogP contribution in [0.3, 0.4) is 0 Å². The quantitative estimate of drug-likeness (QED) is 0.868. The fraction of sp³-hybridized carbons (Fsp3) is 0.600. The zero-order valence-electron chi connectivity index (χ0n) is 12.3. The van der Waals surface area contributed by atoms with Crippen molar-refractivity contribution in [3.05, 3.63) is 34.1 Å². The van der Waals surface area contributed by atoms with Crippen molar-refractivity contribution in [2.75, 3.05) is 13.7 Å². The van der Waals surface area contributed by atoms with Crippen molar-refractivity contribution in [1.82, 2.24) is 5.32 Å². The molecule has 19 heavy (non-hydrogen) atoms. The van der Waals surface area contributed by atoms with E-state index in [4.69, 9.17) is 4.74 Å². The second kappa shape index (κ2) is 6.82. The molecule has 0 spiro atoms. The molecule has 4 heteroatoms. The van der Waals surface area contributed by atoms with E-state index in [1.165, 1.54) is 0 Å². The largest absolute Gasteiger partial charge is 0.379 e. The lowest BCUT2D eigenvalue weighted by molar-refractivity contribution is -0.0124. The standard InChI is InChI=1S/C15H23BrFNO/c1-6-18-13(14(19-5)15(2,3)4)10-8-7-9-11(16)12(10)17/h7-9,13-14,18H,6H2,1-5H3. The molecule has 1 N–H and O–H groups in total. The minimum atomic E-state index is -0.222. The Morgan fingerprint density at radius 3 is 2.47 bits per heavy atom. The SMILES string of the molecule is CCNC(c1cccc(Br)c1F)C(OC)C(C)(C)C. The Kier molecular flexibility index (Phi) is 5.96. The third-order valence-corrected chi connectivity index (χ3v) is 3.76. The summed E-state index contributed by atoms with van der Waals surface area (Å²) >= 11 is 3.24. The van der Waals surface area contributed by atoms with Gasteiger partial charge in [-0.1, -0.05) is 39.8 Å². The molecule has 0 saturated carbocycles. The molecule has 2 atom stereocenters. The number of likely N-dealkylation sites (N-methyl/N-ethyl adjacent to an activating group) is 1. The number of ether oxygens (including phenoxy) is 1. The number of hydrogen-bond donors (Lipinski definition) is 1. The molecule has 2 unspecified atom stereocenters. The second-order valence-electron chi connectivity index (χ2n) is 5.70. The number of methoxy groups -OCH3 is 1. The van der Waals surface area contributed by atoms with Crippen LogP contribution in [0.1, 0.15) is 39.3 Å². The van der Waals surface area contributed by atoms with E-state index in [2.05, 4.69) is 42.0 Å². The van der Waals surface area contributed by atoms with Crippen LogP contribution in [-0.2, 0) is 4.74 Å². The first-order valence-corrected chi connectivity index (χ1v) is 7.32. The Morgan fingerprint density at radius 1 is 1.37 bits per heavy atom. The van der Waals surface area contributed by atoms with E-state index in [-0.39, 0.29) is 23.4 Å². The van der Waals surface area contributed by atoms with Gasteiger partial charge in [-0.25, -0.2) is 4.39 Å². The van der Waals surface area contributed by atoms with E-state index in [9.17, 15) is 4.39 Å². The van der Waals surface area contributed by atoms with Crippen LogP contribution in [0.5, 0.6) is 0 Å². The highest BCUT2D eigenvalue weighted by Crippen LogP contribution is 2.34. The fourth-order valence-corrected chi connectivity index (χ4v) is 2.73. The Labute approximate surface area is 123 Å². The Bertz CT molecular complexity index is 417. The van der Waals surface area contributed by atoms with Crippen molar-refractivity contribution in [1.29, 1.82) is 0 Å². The smallest absolute Gasteiger partial charge is 0.142 e. The van der Waals surface area contributed by atoms with Gasteiger partial charge in [0.05, 0.1) is 16.6 Å². The van der Waals surface area contributed by atoms with Crippen molar-refractivity contribution in [2.24, 2.45) is 5.41 Å². The highest BCUT2D eigenvalue weighted by molar-refractivity contribution is 9.10. The molecule has 0 aliphatic heterocycles. The summed E-state index contributed by atoms with van der Waals surface area (Å²) in [7, 11) is 1.68. The van der Waals surface area contributed by atoms with Gasteiger partial charge < -0.3 is 10.1 Å². The lowest BCUT2D eigenvalue weighted by Gasteiger charge is -2.36. The molecule has 0 fully saturated rings. The average Bonchev–Trinajstić information content (AvgIpc) is 2.31. The van der Waals surface area contributed by atoms with Crippen LogP contribution < -0.4 is 5.32 Å². The van der Waals surface area contributed by atoms with Crippen LogP contribution in [-0.4, -0.2) is 19.8 Å². The van der Waals surface area contributed by atoms with Crippen LogP contribution in [0.2, 0.25) is 0 Å². The van der Waals surface area contributed by atoms with Crippen LogP contribution in [0.25, 0.3) is 0 Å². The summed E-state index contributed by atoms with van der Waals surface area (Å²) < 4.78 is 20.4. The van der Waals surface area contributed by atoms with Gasteiger partial charge in [0.1, 0.15) is 5.82 Å². The van der Waals surface area contributed by atoms with Crippen molar-refractivity contribution >= 4 is 15.9 Å². The summed E-state index contributed by atoms with van der Waals surface area (Å²) in [6.45, 7) is 9.06. The monoisotopic (exact) mass is 331 g/mol. The number of halogens is 2. The van der Waals surface area contributed by atoms with Gasteiger partial charge in [0.2, 0.25) is 0 Å². The maximum Gasteiger partial charge on any atom is 0.142 e. The van der Waals surface area contributed by atoms with Crippen molar-refractivity contribution < 1.29 is 9.13 Å². The fourth-order valence-electron chi connectivity index (χ4n) is 2.35. The molecule has 108 valence electrons. The normalized spacial score (nSPS) is 15.3. The summed E-state index contributed by atoms with van der Waals surface area (Å²) in [4.78, 5) is 0. The summed E-state index contributed by atoms with van der Waals surface area (Å²) in [5.41, 5.74) is 0.550. The highest BCUT2D eigenvalue weighted by Gasteiger charge is 2.34. The van der Waals surface area contributed by atoms with Crippen LogP contribution in [0, 0.1) is 11.2 Å². The van der Waals surface area contributed by atoms with Gasteiger partial charge in [-0.2, -0.15) is 0 Å². The molecule has 1 aromatic carbocycles. The molecule has 0 saturated heterocycles. The van der Waals surface area contributed by atoms with E-state index >= 15 is 0 Å². The van der Waals surface area contributed by atoms with E-state index < -0.39 is 0 Å². The Balaban J connectivity index is 3.23. The first-order valence-electron chi connectivity index (χ1n) is 6.53. The molecule has 0 bridgehead atoms. The van der Waals surface area contributed by atoms with Gasteiger partial charge in [-0.3, -0.25) is 0 Å². The molecule has 0 heterocycles. The molecule has 2 nitrogen and oxygen atoms in total. The average molecular weight is 332 g/mol. The number of rotatable bonds is 5. The third kappa shape index (κ3) is 4.01. The van der Waals surface area contributed by atoms with Gasteiger partial charge in [-0.05, 0) is 34.0 Å². The lowest BCUT2D eigenvalue weighted by Crippen LogP contribution is -2.42. The first-order chi connectivity index (χ1) is 8.82. The summed E-state index contributed by atoms with van der Waals surface area (Å²) in [6, 6.07) is 5.20. The minimum absolute atomic E-state index is 0.0870. The topological polar surface area (TPSA) is 21.3 Å². The number of nitrogens with one attached hydrogen (secondary N) is 1. The van der Waals surface area contributed by atoms with Gasteiger partial charge in [0.25, 0.3) is 0 Å². The molecule has 1 rings (SSSR count). The third-order valence-electron chi connectivity index (χ3n) is 3.15. The van der Waals surface area contributed by atoms with Crippen LogP contribution >= 0.6 is 15.9 Å². The van der Waals surface area contributed by atoms with Gasteiger partial charge >= 0.3 is 0 Å². The van der Waals surface area contributed by atoms with Gasteiger partial charge in [0, 0.05) is 12.7 Å². The van der Waals surface area contributed by atoms with Crippen LogP contribution in [0.4, 0.5) is 4.39 Å². The molecular weight excluding hydrogens is 309 g/mol. The zero-order chi connectivity index (χ0) is 14.6. The van der Waals surface area contributed by atoms with Crippen LogP contribution in [0.15, 0.2) is 22.7 Å². The van der Waals surface area contributed by atoms with Gasteiger partial charge in [-0.15, -0.1) is 0 Å². The number of hydrogen-bond acceptors (Lipinski definition) is 2. The van der Waals surface area contributed by atoms with E-state index in [1.54, 1.807) is 13.2 Å². The maximum atomic E-state index is 14.3. The van der Waals surface area contributed by atoms with Crippen molar-refractivity contribution in [3.8, 4) is 0 Å².